The molecule has 1 aromatic carbocycles. The van der Waals surface area contributed by atoms with E-state index >= 15 is 0 Å². The molecule has 1 fully saturated rings. The van der Waals surface area contributed by atoms with Crippen molar-refractivity contribution >= 4 is 33.0 Å². The van der Waals surface area contributed by atoms with Gasteiger partial charge in [0, 0.05) is 43.0 Å². The molecule has 160 valence electrons. The first kappa shape index (κ1) is 20.2. The summed E-state index contributed by atoms with van der Waals surface area (Å²) >= 11 is 1.34. The van der Waals surface area contributed by atoms with E-state index in [1.807, 2.05) is 11.4 Å². The van der Waals surface area contributed by atoms with Gasteiger partial charge >= 0.3 is 0 Å². The monoisotopic (exact) mass is 455 g/mol. The van der Waals surface area contributed by atoms with Crippen LogP contribution in [0.25, 0.3) is 0 Å². The van der Waals surface area contributed by atoms with Crippen LogP contribution >= 0.6 is 11.3 Å². The summed E-state index contributed by atoms with van der Waals surface area (Å²) in [6.45, 7) is 1.31. The Morgan fingerprint density at radius 1 is 1.00 bits per heavy atom. The molecule has 3 aromatic rings. The molecule has 4 heterocycles. The fraction of sp³-hybridized carbons (Fsp3) is 0.273. The summed E-state index contributed by atoms with van der Waals surface area (Å²) in [7, 11) is -3.67. The highest BCUT2D eigenvalue weighted by Crippen LogP contribution is 2.37. The third-order valence-corrected chi connectivity index (χ3v) is 8.66. The molecule has 5 rings (SSSR count). The standard InChI is InChI=1S/C22H21N3O4S2/c26-21-5-1-3-19-16-11-15(13-25(19)21)12-24(14-16)31(28,29)18-8-6-17(7-9-18)23-22(27)20-4-2-10-30-20/h1-10,15-16H,11-14H2,(H,23,27)/t15-,16+/m1/s1. The number of rotatable bonds is 4. The average molecular weight is 456 g/mol. The summed E-state index contributed by atoms with van der Waals surface area (Å²) in [5.74, 6) is -0.0885. The number of nitrogens with zero attached hydrogens (tertiary/aromatic N) is 2. The predicted octanol–water partition coefficient (Wildman–Crippen LogP) is 2.97. The van der Waals surface area contributed by atoms with Gasteiger partial charge in [-0.25, -0.2) is 8.42 Å². The van der Waals surface area contributed by atoms with Crippen molar-refractivity contribution in [2.75, 3.05) is 18.4 Å². The minimum Gasteiger partial charge on any atom is -0.321 e. The highest BCUT2D eigenvalue weighted by atomic mass is 32.2. The lowest BCUT2D eigenvalue weighted by atomic mass is 9.84. The zero-order valence-corrected chi connectivity index (χ0v) is 18.2. The Labute approximate surface area is 184 Å². The first-order valence-electron chi connectivity index (χ1n) is 10.1. The quantitative estimate of drug-likeness (QED) is 0.655. The van der Waals surface area contributed by atoms with Crippen molar-refractivity contribution in [1.82, 2.24) is 8.87 Å². The van der Waals surface area contributed by atoms with E-state index < -0.39 is 10.0 Å². The molecule has 31 heavy (non-hydrogen) atoms. The predicted molar refractivity (Wildman–Crippen MR) is 119 cm³/mol. The van der Waals surface area contributed by atoms with Gasteiger partial charge in [-0.15, -0.1) is 11.3 Å². The highest BCUT2D eigenvalue weighted by molar-refractivity contribution is 7.89. The third kappa shape index (κ3) is 3.73. The van der Waals surface area contributed by atoms with Crippen molar-refractivity contribution in [3.8, 4) is 0 Å². The molecule has 2 aromatic heterocycles. The smallest absolute Gasteiger partial charge is 0.265 e. The second-order valence-electron chi connectivity index (χ2n) is 7.98. The van der Waals surface area contributed by atoms with E-state index in [1.165, 1.54) is 27.8 Å². The van der Waals surface area contributed by atoms with Crippen molar-refractivity contribution in [2.24, 2.45) is 5.92 Å². The Hall–Kier alpha value is -2.75. The number of thiophene rings is 1. The van der Waals surface area contributed by atoms with Crippen LogP contribution in [0.5, 0.6) is 0 Å². The average Bonchev–Trinajstić information content (AvgIpc) is 3.30. The second-order valence-corrected chi connectivity index (χ2v) is 10.9. The van der Waals surface area contributed by atoms with E-state index in [9.17, 15) is 18.0 Å². The summed E-state index contributed by atoms with van der Waals surface area (Å²) in [5.41, 5.74) is 1.43. The minimum absolute atomic E-state index is 0.0144. The largest absolute Gasteiger partial charge is 0.321 e. The Kier molecular flexibility index (Phi) is 5.04. The van der Waals surface area contributed by atoms with Crippen molar-refractivity contribution < 1.29 is 13.2 Å². The van der Waals surface area contributed by atoms with Crippen molar-refractivity contribution in [2.45, 2.75) is 23.8 Å². The molecule has 0 aliphatic carbocycles. The first-order valence-corrected chi connectivity index (χ1v) is 12.4. The van der Waals surface area contributed by atoms with Gasteiger partial charge in [0.1, 0.15) is 0 Å². The number of anilines is 1. The molecule has 2 aliphatic rings. The second kappa shape index (κ2) is 7.74. The van der Waals surface area contributed by atoms with Crippen molar-refractivity contribution in [1.29, 1.82) is 0 Å². The Balaban J connectivity index is 1.35. The van der Waals surface area contributed by atoms with Crippen LogP contribution in [0.3, 0.4) is 0 Å². The first-order chi connectivity index (χ1) is 14.9. The molecule has 1 amide bonds. The van der Waals surface area contributed by atoms with Crippen LogP contribution in [0.15, 0.2) is 69.7 Å². The maximum Gasteiger partial charge on any atom is 0.265 e. The van der Waals surface area contributed by atoms with Gasteiger partial charge in [0.15, 0.2) is 0 Å². The summed E-state index contributed by atoms with van der Waals surface area (Å²) in [6, 6.07) is 15.0. The Bertz CT molecular complexity index is 1280. The lowest BCUT2D eigenvalue weighted by Gasteiger charge is -2.42. The van der Waals surface area contributed by atoms with Crippen molar-refractivity contribution in [3.05, 3.63) is 80.9 Å². The maximum absolute atomic E-state index is 13.3. The number of fused-ring (bicyclic) bond motifs is 4. The van der Waals surface area contributed by atoms with Gasteiger partial charge < -0.3 is 9.88 Å². The van der Waals surface area contributed by atoms with E-state index in [2.05, 4.69) is 5.32 Å². The number of aromatic nitrogens is 1. The van der Waals surface area contributed by atoms with Crippen LogP contribution in [-0.4, -0.2) is 36.3 Å². The molecule has 1 N–H and O–H groups in total. The number of sulfonamides is 1. The third-order valence-electron chi connectivity index (χ3n) is 5.94. The number of benzene rings is 1. The molecule has 2 atom stereocenters. The van der Waals surface area contributed by atoms with E-state index in [0.717, 1.165) is 12.1 Å². The van der Waals surface area contributed by atoms with Gasteiger partial charge in [0.05, 0.1) is 9.77 Å². The van der Waals surface area contributed by atoms with Crippen molar-refractivity contribution in [3.63, 3.8) is 0 Å². The molecular formula is C22H21N3O4S2. The molecule has 2 aliphatic heterocycles. The number of nitrogens with one attached hydrogen (secondary N) is 1. The van der Waals surface area contributed by atoms with Gasteiger partial charge in [-0.05, 0) is 54.1 Å². The van der Waals surface area contributed by atoms with E-state index in [4.69, 9.17) is 0 Å². The lowest BCUT2D eigenvalue weighted by Crippen LogP contribution is -2.48. The Morgan fingerprint density at radius 3 is 2.55 bits per heavy atom. The number of piperidine rings is 1. The summed E-state index contributed by atoms with van der Waals surface area (Å²) in [6.07, 6.45) is 0.892. The number of carbonyl (C=O) groups is 1. The topological polar surface area (TPSA) is 88.5 Å². The lowest BCUT2D eigenvalue weighted by molar-refractivity contribution is 0.103. The van der Waals surface area contributed by atoms with Crippen LogP contribution < -0.4 is 10.9 Å². The van der Waals surface area contributed by atoms with Gasteiger partial charge in [-0.1, -0.05) is 12.1 Å². The molecular weight excluding hydrogens is 434 g/mol. The zero-order chi connectivity index (χ0) is 21.6. The van der Waals surface area contributed by atoms with E-state index in [-0.39, 0.29) is 28.2 Å². The van der Waals surface area contributed by atoms with Crippen LogP contribution in [0.2, 0.25) is 0 Å². The van der Waals surface area contributed by atoms with Gasteiger partial charge in [-0.2, -0.15) is 4.31 Å². The van der Waals surface area contributed by atoms with Gasteiger partial charge in [0.2, 0.25) is 10.0 Å². The minimum atomic E-state index is -3.67. The zero-order valence-electron chi connectivity index (χ0n) is 16.6. The summed E-state index contributed by atoms with van der Waals surface area (Å²) in [5, 5.41) is 4.61. The fourth-order valence-electron chi connectivity index (χ4n) is 4.51. The number of hydrogen-bond acceptors (Lipinski definition) is 5. The van der Waals surface area contributed by atoms with Crippen LogP contribution in [-0.2, 0) is 16.6 Å². The highest BCUT2D eigenvalue weighted by Gasteiger charge is 2.39. The molecule has 2 bridgehead atoms. The van der Waals surface area contributed by atoms with Crippen LogP contribution in [0.4, 0.5) is 5.69 Å². The maximum atomic E-state index is 13.3. The van der Waals surface area contributed by atoms with E-state index in [1.54, 1.807) is 41.0 Å². The number of hydrogen-bond donors (Lipinski definition) is 1. The van der Waals surface area contributed by atoms with Crippen LogP contribution in [0.1, 0.15) is 27.7 Å². The molecule has 0 unspecified atom stereocenters. The SMILES string of the molecule is O=C(Nc1ccc(S(=O)(=O)N2C[C@H]3C[C@@H](C2)c2cccc(=O)n2C3)cc1)c1cccs1. The van der Waals surface area contributed by atoms with Gasteiger partial charge in [0.25, 0.3) is 11.5 Å². The number of amides is 1. The Morgan fingerprint density at radius 2 is 1.81 bits per heavy atom. The number of carbonyl (C=O) groups excluding carboxylic acids is 1. The van der Waals surface area contributed by atoms with Gasteiger partial charge in [-0.3, -0.25) is 9.59 Å². The van der Waals surface area contributed by atoms with Crippen LogP contribution in [0, 0.1) is 5.92 Å². The van der Waals surface area contributed by atoms with E-state index in [0.29, 0.717) is 30.2 Å². The molecule has 7 nitrogen and oxygen atoms in total. The molecule has 9 heteroatoms. The molecule has 0 radical (unpaired) electrons. The molecule has 1 saturated heterocycles. The summed E-state index contributed by atoms with van der Waals surface area (Å²) < 4.78 is 29.9. The molecule has 0 spiro atoms. The normalized spacial score (nSPS) is 20.8. The molecule has 0 saturated carbocycles. The fourth-order valence-corrected chi connectivity index (χ4v) is 6.69. The number of pyridine rings is 1. The summed E-state index contributed by atoms with van der Waals surface area (Å²) in [4.78, 5) is 25.2.